The first-order valence-corrected chi connectivity index (χ1v) is 11.8. The van der Waals surface area contributed by atoms with Crippen LogP contribution in [0.25, 0.3) is 0 Å². The Morgan fingerprint density at radius 2 is 1.90 bits per heavy atom. The first kappa shape index (κ1) is 26.4. The molecule has 0 spiro atoms. The molecule has 1 aromatic carbocycles. The molecule has 3 rings (SSSR count). The van der Waals surface area contributed by atoms with Crippen molar-refractivity contribution in [2.75, 3.05) is 40.0 Å². The van der Waals surface area contributed by atoms with E-state index >= 15 is 0 Å². The first-order valence-electron chi connectivity index (χ1n) is 11.8. The molecule has 31 heavy (non-hydrogen) atoms. The summed E-state index contributed by atoms with van der Waals surface area (Å²) in [6, 6.07) is 8.81. The van der Waals surface area contributed by atoms with E-state index in [0.29, 0.717) is 11.3 Å². The van der Waals surface area contributed by atoms with Crippen molar-refractivity contribution < 1.29 is 9.47 Å². The fourth-order valence-corrected chi connectivity index (χ4v) is 4.92. The molecule has 1 saturated carbocycles. The fraction of sp³-hybridized carbons (Fsp3) is 0.720. The van der Waals surface area contributed by atoms with Crippen LogP contribution in [-0.2, 0) is 9.47 Å². The van der Waals surface area contributed by atoms with Crippen molar-refractivity contribution in [1.82, 2.24) is 10.6 Å². The zero-order chi connectivity index (χ0) is 21.2. The molecule has 2 atom stereocenters. The molecule has 2 N–H and O–H groups in total. The largest absolute Gasteiger partial charge is 0.385 e. The van der Waals surface area contributed by atoms with Crippen LogP contribution < -0.4 is 10.6 Å². The monoisotopic (exact) mass is 543 g/mol. The number of nitrogens with zero attached hydrogens (tertiary/aromatic N) is 1. The van der Waals surface area contributed by atoms with Gasteiger partial charge in [-0.05, 0) is 56.9 Å². The van der Waals surface area contributed by atoms with Crippen LogP contribution in [-0.4, -0.2) is 45.9 Å². The van der Waals surface area contributed by atoms with E-state index in [1.807, 2.05) is 0 Å². The summed E-state index contributed by atoms with van der Waals surface area (Å²) in [6.45, 7) is 8.59. The van der Waals surface area contributed by atoms with E-state index in [1.54, 1.807) is 7.11 Å². The second-order valence-electron chi connectivity index (χ2n) is 9.13. The highest BCUT2D eigenvalue weighted by Crippen LogP contribution is 2.41. The molecule has 2 unspecified atom stereocenters. The van der Waals surface area contributed by atoms with Crippen LogP contribution in [0.4, 0.5) is 0 Å². The summed E-state index contributed by atoms with van der Waals surface area (Å²) in [4.78, 5) is 5.01. The molecule has 1 aromatic rings. The third-order valence-corrected chi connectivity index (χ3v) is 6.80. The van der Waals surface area contributed by atoms with Gasteiger partial charge in [-0.3, -0.25) is 4.99 Å². The molecule has 1 saturated heterocycles. The summed E-state index contributed by atoms with van der Waals surface area (Å²) in [5.74, 6) is 1.40. The Balaban J connectivity index is 0.00000341. The highest BCUT2D eigenvalue weighted by Gasteiger charge is 2.33. The minimum absolute atomic E-state index is 0. The number of methoxy groups -OCH3 is 1. The Hall–Kier alpha value is -0.860. The van der Waals surface area contributed by atoms with Crippen molar-refractivity contribution in [3.8, 4) is 0 Å². The summed E-state index contributed by atoms with van der Waals surface area (Å²) in [5, 5.41) is 7.07. The number of halogens is 1. The van der Waals surface area contributed by atoms with Crippen molar-refractivity contribution in [2.45, 2.75) is 64.9 Å². The molecule has 0 amide bonds. The predicted octanol–water partition coefficient (Wildman–Crippen LogP) is 5.23. The van der Waals surface area contributed by atoms with Crippen LogP contribution in [0, 0.1) is 18.3 Å². The molecular weight excluding hydrogens is 501 g/mol. The van der Waals surface area contributed by atoms with Crippen LogP contribution in [0.15, 0.2) is 29.3 Å². The molecule has 1 aliphatic heterocycles. The van der Waals surface area contributed by atoms with Crippen molar-refractivity contribution in [2.24, 2.45) is 16.3 Å². The number of aryl methyl sites for hydroxylation is 1. The molecule has 1 heterocycles. The van der Waals surface area contributed by atoms with Gasteiger partial charge in [-0.2, -0.15) is 0 Å². The van der Waals surface area contributed by atoms with Crippen molar-refractivity contribution in [1.29, 1.82) is 0 Å². The van der Waals surface area contributed by atoms with Gasteiger partial charge >= 0.3 is 0 Å². The number of benzene rings is 1. The highest BCUT2D eigenvalue weighted by molar-refractivity contribution is 14.0. The third-order valence-electron chi connectivity index (χ3n) is 6.80. The van der Waals surface area contributed by atoms with Crippen LogP contribution in [0.1, 0.15) is 69.1 Å². The van der Waals surface area contributed by atoms with Gasteiger partial charge in [-0.25, -0.2) is 0 Å². The van der Waals surface area contributed by atoms with Gasteiger partial charge in [0.25, 0.3) is 0 Å². The lowest BCUT2D eigenvalue weighted by Gasteiger charge is -2.33. The van der Waals surface area contributed by atoms with E-state index in [2.05, 4.69) is 48.7 Å². The maximum Gasteiger partial charge on any atom is 0.191 e. The number of rotatable bonds is 9. The van der Waals surface area contributed by atoms with Crippen LogP contribution >= 0.6 is 24.0 Å². The molecule has 5 nitrogen and oxygen atoms in total. The normalized spacial score (nSPS) is 23.3. The van der Waals surface area contributed by atoms with Crippen LogP contribution in [0.3, 0.4) is 0 Å². The third kappa shape index (κ3) is 7.90. The topological polar surface area (TPSA) is 54.9 Å². The average molecular weight is 544 g/mol. The minimum Gasteiger partial charge on any atom is -0.385 e. The first-order chi connectivity index (χ1) is 14.7. The summed E-state index contributed by atoms with van der Waals surface area (Å²) in [7, 11) is 1.80. The lowest BCUT2D eigenvalue weighted by Crippen LogP contribution is -2.42. The second kappa shape index (κ2) is 13.6. The second-order valence-corrected chi connectivity index (χ2v) is 9.13. The smallest absolute Gasteiger partial charge is 0.191 e. The molecule has 0 aromatic heterocycles. The maximum atomic E-state index is 6.20. The zero-order valence-corrected chi connectivity index (χ0v) is 22.0. The van der Waals surface area contributed by atoms with E-state index in [4.69, 9.17) is 14.5 Å². The van der Waals surface area contributed by atoms with Gasteiger partial charge in [0.05, 0.1) is 6.10 Å². The Morgan fingerprint density at radius 3 is 2.58 bits per heavy atom. The molecule has 1 aliphatic carbocycles. The quantitative estimate of drug-likeness (QED) is 0.255. The van der Waals surface area contributed by atoms with Crippen LogP contribution in [0.2, 0.25) is 0 Å². The lowest BCUT2D eigenvalue weighted by molar-refractivity contribution is -0.0265. The number of hydrogen-bond acceptors (Lipinski definition) is 3. The SMILES string of the molecule is CCNC(=NCC1(CCOC)CCCC1)NCC1CCCOC1c1ccc(C)cc1.I. The van der Waals surface area contributed by atoms with Gasteiger partial charge in [-0.15, -0.1) is 24.0 Å². The van der Waals surface area contributed by atoms with Gasteiger partial charge in [-0.1, -0.05) is 42.7 Å². The zero-order valence-electron chi connectivity index (χ0n) is 19.6. The molecule has 176 valence electrons. The van der Waals surface area contributed by atoms with E-state index in [-0.39, 0.29) is 30.1 Å². The number of nitrogens with one attached hydrogen (secondary N) is 2. The van der Waals surface area contributed by atoms with Crippen molar-refractivity contribution in [3.63, 3.8) is 0 Å². The van der Waals surface area contributed by atoms with Gasteiger partial charge in [0, 0.05) is 45.9 Å². The Labute approximate surface area is 206 Å². The van der Waals surface area contributed by atoms with E-state index in [0.717, 1.165) is 51.6 Å². The van der Waals surface area contributed by atoms with Crippen molar-refractivity contribution >= 4 is 29.9 Å². The van der Waals surface area contributed by atoms with Gasteiger partial charge in [0.15, 0.2) is 5.96 Å². The standard InChI is InChI=1S/C25H41N3O2.HI/c1-4-26-24(28-19-25(15-17-29-3)13-5-6-14-25)27-18-22-8-7-16-30-23(22)21-11-9-20(2)10-12-21;/h9-12,22-23H,4-8,13-19H2,1-3H3,(H2,26,27,28);1H. The number of hydrogen-bond donors (Lipinski definition) is 2. The summed E-state index contributed by atoms with van der Waals surface area (Å²) < 4.78 is 11.6. The highest BCUT2D eigenvalue weighted by atomic mass is 127. The molecule has 2 aliphatic rings. The lowest BCUT2D eigenvalue weighted by atomic mass is 9.83. The average Bonchev–Trinajstić information content (AvgIpc) is 3.24. The molecule has 6 heteroatoms. The Morgan fingerprint density at radius 1 is 1.16 bits per heavy atom. The van der Waals surface area contributed by atoms with Crippen molar-refractivity contribution in [3.05, 3.63) is 35.4 Å². The van der Waals surface area contributed by atoms with Crippen LogP contribution in [0.5, 0.6) is 0 Å². The van der Waals surface area contributed by atoms with E-state index in [1.165, 1.54) is 43.2 Å². The fourth-order valence-electron chi connectivity index (χ4n) is 4.92. The molecule has 0 radical (unpaired) electrons. The Bertz CT molecular complexity index is 659. The maximum absolute atomic E-state index is 6.20. The molecule has 0 bridgehead atoms. The minimum atomic E-state index is 0. The van der Waals surface area contributed by atoms with E-state index in [9.17, 15) is 0 Å². The van der Waals surface area contributed by atoms with Gasteiger partial charge in [0.2, 0.25) is 0 Å². The summed E-state index contributed by atoms with van der Waals surface area (Å²) in [5.41, 5.74) is 2.90. The van der Waals surface area contributed by atoms with Gasteiger partial charge in [0.1, 0.15) is 0 Å². The number of guanidine groups is 1. The predicted molar refractivity (Wildman–Crippen MR) is 139 cm³/mol. The summed E-state index contributed by atoms with van der Waals surface area (Å²) in [6.07, 6.45) is 8.76. The molecular formula is C25H42IN3O2. The Kier molecular flexibility index (Phi) is 11.6. The summed E-state index contributed by atoms with van der Waals surface area (Å²) >= 11 is 0. The number of ether oxygens (including phenoxy) is 2. The molecule has 2 fully saturated rings. The number of aliphatic imine (C=N–C) groups is 1. The van der Waals surface area contributed by atoms with E-state index < -0.39 is 0 Å². The van der Waals surface area contributed by atoms with Gasteiger partial charge < -0.3 is 20.1 Å².